The number of hydrogen-bond acceptors (Lipinski definition) is 4. The van der Waals surface area contributed by atoms with E-state index in [4.69, 9.17) is 5.73 Å². The molecule has 100 valence electrons. The second kappa shape index (κ2) is 5.81. The summed E-state index contributed by atoms with van der Waals surface area (Å²) in [4.78, 5) is 0.246. The third-order valence-electron chi connectivity index (χ3n) is 2.42. The molecule has 0 aliphatic carbocycles. The third kappa shape index (κ3) is 3.41. The van der Waals surface area contributed by atoms with Gasteiger partial charge in [-0.05, 0) is 20.8 Å². The summed E-state index contributed by atoms with van der Waals surface area (Å²) < 4.78 is 28.1. The summed E-state index contributed by atoms with van der Waals surface area (Å²) in [5.41, 5.74) is 6.51. The summed E-state index contributed by atoms with van der Waals surface area (Å²) >= 11 is 0. The average Bonchev–Trinajstić information content (AvgIpc) is 2.40. The molecule has 0 unspecified atom stereocenters. The molecule has 0 saturated carbocycles. The topological polar surface area (TPSA) is 90.0 Å². The number of nitrogens with two attached hydrogens (primary N) is 1. The molecule has 0 aliphatic heterocycles. The fraction of sp³-hybridized carbons (Fsp3) is 0.667. The molecule has 1 aromatic heterocycles. The Morgan fingerprint density at radius 2 is 2.00 bits per heavy atom. The molecule has 0 amide bonds. The number of aryl methyl sites for hydroxylation is 2. The minimum atomic E-state index is -3.53. The Hall–Kier alpha value is -0.630. The summed E-state index contributed by atoms with van der Waals surface area (Å²) in [7, 11) is -1.81. The number of rotatable bonds is 4. The van der Waals surface area contributed by atoms with Crippen molar-refractivity contribution in [2.24, 2.45) is 12.8 Å². The molecule has 0 aromatic carbocycles. The third-order valence-corrected chi connectivity index (χ3v) is 4.26. The van der Waals surface area contributed by atoms with Gasteiger partial charge in [0.25, 0.3) is 0 Å². The predicted octanol–water partition coefficient (Wildman–Crippen LogP) is 0.0842. The van der Waals surface area contributed by atoms with E-state index in [-0.39, 0.29) is 29.9 Å². The molecule has 0 saturated heterocycles. The first-order valence-electron chi connectivity index (χ1n) is 5.02. The molecule has 6 nitrogen and oxygen atoms in total. The van der Waals surface area contributed by atoms with Crippen LogP contribution in [0.25, 0.3) is 0 Å². The summed E-state index contributed by atoms with van der Waals surface area (Å²) in [6.07, 6.45) is 0. The van der Waals surface area contributed by atoms with E-state index >= 15 is 0 Å². The molecule has 0 aliphatic rings. The lowest BCUT2D eigenvalue weighted by atomic mass is 10.4. The van der Waals surface area contributed by atoms with Crippen LogP contribution in [0.3, 0.4) is 0 Å². The van der Waals surface area contributed by atoms with Crippen LogP contribution in [0.4, 0.5) is 0 Å². The number of nitrogens with zero attached hydrogens (tertiary/aromatic N) is 2. The Morgan fingerprint density at radius 3 is 2.35 bits per heavy atom. The minimum Gasteiger partial charge on any atom is -0.329 e. The molecule has 1 aromatic rings. The molecular formula is C9H19ClN4O2S. The maximum absolute atomic E-state index is 12.0. The Labute approximate surface area is 108 Å². The van der Waals surface area contributed by atoms with Gasteiger partial charge in [-0.2, -0.15) is 5.10 Å². The van der Waals surface area contributed by atoms with Crippen molar-refractivity contribution < 1.29 is 8.42 Å². The predicted molar refractivity (Wildman–Crippen MR) is 68.8 cm³/mol. The van der Waals surface area contributed by atoms with Gasteiger partial charge in [0.15, 0.2) is 0 Å². The second-order valence-corrected chi connectivity index (χ2v) is 5.53. The molecule has 8 heteroatoms. The Kier molecular flexibility index (Phi) is 5.60. The summed E-state index contributed by atoms with van der Waals surface area (Å²) in [5.74, 6) is 0. The number of aromatic nitrogens is 2. The lowest BCUT2D eigenvalue weighted by molar-refractivity contribution is 0.561. The van der Waals surface area contributed by atoms with Crippen LogP contribution in [-0.2, 0) is 17.1 Å². The van der Waals surface area contributed by atoms with Gasteiger partial charge in [-0.25, -0.2) is 13.1 Å². The van der Waals surface area contributed by atoms with Crippen LogP contribution in [0.2, 0.25) is 0 Å². The summed E-state index contributed by atoms with van der Waals surface area (Å²) in [6, 6.07) is -0.288. The monoisotopic (exact) mass is 282 g/mol. The molecule has 1 rings (SSSR count). The molecule has 17 heavy (non-hydrogen) atoms. The zero-order valence-corrected chi connectivity index (χ0v) is 12.0. The SMILES string of the molecule is Cc1nn(C)c(C)c1S(=O)(=O)N[C@H](C)CN.Cl. The Bertz CT molecular complexity index is 483. The standard InChI is InChI=1S/C9H18N4O2S.ClH/c1-6(5-10)12-16(14,15)9-7(2)11-13(4)8(9)3;/h6,12H,5,10H2,1-4H3;1H/t6-;/m1./s1. The zero-order chi connectivity index (χ0) is 12.5. The first-order chi connectivity index (χ1) is 7.29. The fourth-order valence-corrected chi connectivity index (χ4v) is 3.21. The van der Waals surface area contributed by atoms with E-state index in [1.165, 1.54) is 0 Å². The van der Waals surface area contributed by atoms with Gasteiger partial charge >= 0.3 is 0 Å². The van der Waals surface area contributed by atoms with Gasteiger partial charge in [-0.1, -0.05) is 0 Å². The van der Waals surface area contributed by atoms with E-state index in [1.54, 1.807) is 32.5 Å². The minimum absolute atomic E-state index is 0. The van der Waals surface area contributed by atoms with Crippen molar-refractivity contribution in [2.75, 3.05) is 6.54 Å². The Balaban J connectivity index is 0.00000256. The van der Waals surface area contributed by atoms with Crippen LogP contribution < -0.4 is 10.5 Å². The molecule has 0 bridgehead atoms. The lowest BCUT2D eigenvalue weighted by Gasteiger charge is -2.12. The molecule has 0 radical (unpaired) electrons. The Morgan fingerprint density at radius 1 is 1.47 bits per heavy atom. The lowest BCUT2D eigenvalue weighted by Crippen LogP contribution is -2.38. The van der Waals surface area contributed by atoms with Crippen molar-refractivity contribution in [3.63, 3.8) is 0 Å². The summed E-state index contributed by atoms with van der Waals surface area (Å²) in [5, 5.41) is 4.08. The van der Waals surface area contributed by atoms with E-state index in [0.29, 0.717) is 11.4 Å². The van der Waals surface area contributed by atoms with Gasteiger partial charge in [-0.15, -0.1) is 12.4 Å². The van der Waals surface area contributed by atoms with Crippen molar-refractivity contribution in [2.45, 2.75) is 31.7 Å². The first-order valence-corrected chi connectivity index (χ1v) is 6.50. The van der Waals surface area contributed by atoms with Gasteiger partial charge in [0, 0.05) is 19.6 Å². The molecule has 1 atom stereocenters. The number of sulfonamides is 1. The average molecular weight is 283 g/mol. The molecule has 0 spiro atoms. The van der Waals surface area contributed by atoms with Crippen LogP contribution >= 0.6 is 12.4 Å². The van der Waals surface area contributed by atoms with Crippen molar-refractivity contribution in [3.8, 4) is 0 Å². The highest BCUT2D eigenvalue weighted by atomic mass is 35.5. The zero-order valence-electron chi connectivity index (χ0n) is 10.4. The van der Waals surface area contributed by atoms with E-state index < -0.39 is 10.0 Å². The fourth-order valence-electron chi connectivity index (χ4n) is 1.51. The van der Waals surface area contributed by atoms with E-state index in [1.807, 2.05) is 0 Å². The van der Waals surface area contributed by atoms with Crippen molar-refractivity contribution >= 4 is 22.4 Å². The van der Waals surface area contributed by atoms with Crippen molar-refractivity contribution in [1.29, 1.82) is 0 Å². The second-order valence-electron chi connectivity index (χ2n) is 3.88. The smallest absolute Gasteiger partial charge is 0.244 e. The highest BCUT2D eigenvalue weighted by molar-refractivity contribution is 7.89. The van der Waals surface area contributed by atoms with Gasteiger partial charge in [0.1, 0.15) is 4.90 Å². The van der Waals surface area contributed by atoms with Crippen LogP contribution in [0.1, 0.15) is 18.3 Å². The van der Waals surface area contributed by atoms with Crippen LogP contribution in [0, 0.1) is 13.8 Å². The van der Waals surface area contributed by atoms with E-state index in [9.17, 15) is 8.42 Å². The number of halogens is 1. The normalized spacial score (nSPS) is 13.2. The maximum Gasteiger partial charge on any atom is 0.244 e. The van der Waals surface area contributed by atoms with Crippen LogP contribution in [0.15, 0.2) is 4.90 Å². The van der Waals surface area contributed by atoms with E-state index in [0.717, 1.165) is 0 Å². The first kappa shape index (κ1) is 16.4. The number of nitrogens with one attached hydrogen (secondary N) is 1. The van der Waals surface area contributed by atoms with Crippen LogP contribution in [0.5, 0.6) is 0 Å². The van der Waals surface area contributed by atoms with Gasteiger partial charge in [0.05, 0.1) is 11.4 Å². The van der Waals surface area contributed by atoms with Crippen molar-refractivity contribution in [3.05, 3.63) is 11.4 Å². The van der Waals surface area contributed by atoms with Crippen molar-refractivity contribution in [1.82, 2.24) is 14.5 Å². The number of hydrogen-bond donors (Lipinski definition) is 2. The molecule has 3 N–H and O–H groups in total. The van der Waals surface area contributed by atoms with Gasteiger partial charge < -0.3 is 5.73 Å². The van der Waals surface area contributed by atoms with Crippen LogP contribution in [-0.4, -0.2) is 30.8 Å². The van der Waals surface area contributed by atoms with Gasteiger partial charge in [-0.3, -0.25) is 4.68 Å². The molecule has 1 heterocycles. The van der Waals surface area contributed by atoms with E-state index in [2.05, 4.69) is 9.82 Å². The highest BCUT2D eigenvalue weighted by Gasteiger charge is 2.24. The maximum atomic E-state index is 12.0. The molecular weight excluding hydrogens is 264 g/mol. The quantitative estimate of drug-likeness (QED) is 0.819. The van der Waals surface area contributed by atoms with Gasteiger partial charge in [0.2, 0.25) is 10.0 Å². The molecule has 0 fully saturated rings. The highest BCUT2D eigenvalue weighted by Crippen LogP contribution is 2.18. The largest absolute Gasteiger partial charge is 0.329 e. The summed E-state index contributed by atoms with van der Waals surface area (Å²) in [6.45, 7) is 5.38.